The van der Waals surface area contributed by atoms with Gasteiger partial charge in [-0.2, -0.15) is 0 Å². The third kappa shape index (κ3) is 3.65. The van der Waals surface area contributed by atoms with Crippen LogP contribution in [0.4, 0.5) is 4.39 Å². The Balaban J connectivity index is 1.92. The van der Waals surface area contributed by atoms with E-state index in [1.165, 1.54) is 6.07 Å². The maximum Gasteiger partial charge on any atom is 0.270 e. The van der Waals surface area contributed by atoms with Crippen LogP contribution in [0.1, 0.15) is 16.1 Å². The Morgan fingerprint density at radius 1 is 1.21 bits per heavy atom. The molecule has 0 radical (unpaired) electrons. The largest absolute Gasteiger partial charge is 0.340 e. The molecule has 2 rings (SSSR count). The second-order valence-electron chi connectivity index (χ2n) is 3.68. The van der Waals surface area contributed by atoms with E-state index in [9.17, 15) is 9.18 Å². The summed E-state index contributed by atoms with van der Waals surface area (Å²) in [7, 11) is 0. The van der Waals surface area contributed by atoms with Crippen molar-refractivity contribution in [3.8, 4) is 11.8 Å². The third-order valence-electron chi connectivity index (χ3n) is 2.33. The number of nitrogens with one attached hydrogen (secondary N) is 1. The zero-order valence-corrected chi connectivity index (χ0v) is 10.1. The van der Waals surface area contributed by atoms with E-state index in [0.717, 1.165) is 0 Å². The van der Waals surface area contributed by atoms with Crippen molar-refractivity contribution in [1.82, 2.24) is 10.3 Å². The van der Waals surface area contributed by atoms with Crippen LogP contribution in [0.2, 0.25) is 0 Å². The van der Waals surface area contributed by atoms with Crippen LogP contribution >= 0.6 is 0 Å². The Hall–Kier alpha value is -2.67. The average molecular weight is 254 g/mol. The molecule has 0 spiro atoms. The van der Waals surface area contributed by atoms with Gasteiger partial charge in [0, 0.05) is 6.20 Å². The minimum atomic E-state index is -0.369. The van der Waals surface area contributed by atoms with Gasteiger partial charge in [-0.25, -0.2) is 4.39 Å². The Morgan fingerprint density at radius 2 is 2.00 bits per heavy atom. The summed E-state index contributed by atoms with van der Waals surface area (Å²) in [6, 6.07) is 11.3. The molecule has 94 valence electrons. The van der Waals surface area contributed by atoms with E-state index in [-0.39, 0.29) is 18.3 Å². The first kappa shape index (κ1) is 12.8. The van der Waals surface area contributed by atoms with E-state index in [4.69, 9.17) is 0 Å². The highest BCUT2D eigenvalue weighted by Gasteiger charge is 2.03. The van der Waals surface area contributed by atoms with Gasteiger partial charge < -0.3 is 5.32 Å². The lowest BCUT2D eigenvalue weighted by Gasteiger charge is -1.99. The fourth-order valence-corrected chi connectivity index (χ4v) is 1.41. The topological polar surface area (TPSA) is 42.0 Å². The summed E-state index contributed by atoms with van der Waals surface area (Å²) < 4.78 is 13.2. The Bertz CT molecular complexity index is 629. The molecule has 0 unspecified atom stereocenters. The lowest BCUT2D eigenvalue weighted by Crippen LogP contribution is -2.24. The highest BCUT2D eigenvalue weighted by Crippen LogP contribution is 2.03. The zero-order chi connectivity index (χ0) is 13.5. The summed E-state index contributed by atoms with van der Waals surface area (Å²) in [5.74, 6) is 4.68. The fraction of sp³-hybridized carbons (Fsp3) is 0.0667. The lowest BCUT2D eigenvalue weighted by molar-refractivity contribution is 0.0954. The van der Waals surface area contributed by atoms with Crippen molar-refractivity contribution >= 4 is 5.91 Å². The molecule has 1 N–H and O–H groups in total. The van der Waals surface area contributed by atoms with E-state index in [1.807, 2.05) is 0 Å². The predicted octanol–water partition coefficient (Wildman–Crippen LogP) is 2.00. The number of halogens is 1. The summed E-state index contributed by atoms with van der Waals surface area (Å²) >= 11 is 0. The number of benzene rings is 1. The maximum absolute atomic E-state index is 13.2. The van der Waals surface area contributed by atoms with Crippen LogP contribution in [0.3, 0.4) is 0 Å². The van der Waals surface area contributed by atoms with E-state index >= 15 is 0 Å². The molecule has 0 saturated carbocycles. The first-order chi connectivity index (χ1) is 9.27. The average Bonchev–Trinajstić information content (AvgIpc) is 2.46. The lowest BCUT2D eigenvalue weighted by atomic mass is 10.2. The molecule has 4 heteroatoms. The quantitative estimate of drug-likeness (QED) is 0.833. The minimum Gasteiger partial charge on any atom is -0.340 e. The van der Waals surface area contributed by atoms with Gasteiger partial charge in [0.05, 0.1) is 12.1 Å². The highest BCUT2D eigenvalue weighted by molar-refractivity contribution is 5.92. The predicted molar refractivity (Wildman–Crippen MR) is 69.8 cm³/mol. The number of nitrogens with zero attached hydrogens (tertiary/aromatic N) is 1. The summed E-state index contributed by atoms with van der Waals surface area (Å²) in [5.41, 5.74) is 0.643. The van der Waals surface area contributed by atoms with Crippen molar-refractivity contribution in [1.29, 1.82) is 0 Å². The molecule has 1 amide bonds. The number of amides is 1. The molecule has 2 aromatic rings. The third-order valence-corrected chi connectivity index (χ3v) is 2.33. The smallest absolute Gasteiger partial charge is 0.270 e. The summed E-state index contributed by atoms with van der Waals surface area (Å²) in [4.78, 5) is 15.5. The molecule has 0 aliphatic rings. The SMILES string of the molecule is O=C(NCC#Cc1ccccc1F)c1ccccn1. The van der Waals surface area contributed by atoms with Crippen molar-refractivity contribution in [2.45, 2.75) is 0 Å². The molecule has 1 aromatic heterocycles. The van der Waals surface area contributed by atoms with E-state index in [1.54, 1.807) is 42.6 Å². The molecule has 1 aromatic carbocycles. The van der Waals surface area contributed by atoms with Gasteiger partial charge in [-0.3, -0.25) is 9.78 Å². The molecule has 0 aliphatic carbocycles. The zero-order valence-electron chi connectivity index (χ0n) is 10.1. The van der Waals surface area contributed by atoms with Crippen molar-refractivity contribution < 1.29 is 9.18 Å². The maximum atomic E-state index is 13.2. The van der Waals surface area contributed by atoms with Crippen LogP contribution in [0.25, 0.3) is 0 Å². The molecule has 1 heterocycles. The van der Waals surface area contributed by atoms with Gasteiger partial charge in [-0.1, -0.05) is 30.0 Å². The number of hydrogen-bond acceptors (Lipinski definition) is 2. The summed E-state index contributed by atoms with van der Waals surface area (Å²) in [6.07, 6.45) is 1.54. The van der Waals surface area contributed by atoms with E-state index < -0.39 is 0 Å². The van der Waals surface area contributed by atoms with Gasteiger partial charge in [0.25, 0.3) is 5.91 Å². The molecule has 3 nitrogen and oxygen atoms in total. The van der Waals surface area contributed by atoms with Gasteiger partial charge in [-0.15, -0.1) is 0 Å². The number of carbonyl (C=O) groups is 1. The first-order valence-electron chi connectivity index (χ1n) is 5.70. The monoisotopic (exact) mass is 254 g/mol. The minimum absolute atomic E-state index is 0.143. The second kappa shape index (κ2) is 6.31. The van der Waals surface area contributed by atoms with Gasteiger partial charge in [0.2, 0.25) is 0 Å². The van der Waals surface area contributed by atoms with Crippen molar-refractivity contribution in [2.75, 3.05) is 6.54 Å². The molecule has 0 saturated heterocycles. The van der Waals surface area contributed by atoms with Gasteiger partial charge >= 0.3 is 0 Å². The highest BCUT2D eigenvalue weighted by atomic mass is 19.1. The summed E-state index contributed by atoms with van der Waals surface area (Å²) in [5, 5.41) is 2.59. The van der Waals surface area contributed by atoms with Crippen LogP contribution in [-0.4, -0.2) is 17.4 Å². The summed E-state index contributed by atoms with van der Waals surface area (Å²) in [6.45, 7) is 0.143. The standard InChI is InChI=1S/C15H11FN2O/c16-13-8-2-1-6-12(13)7-5-11-18-15(19)14-9-3-4-10-17-14/h1-4,6,8-10H,11H2,(H,18,19). The van der Waals surface area contributed by atoms with E-state index in [0.29, 0.717) is 11.3 Å². The van der Waals surface area contributed by atoms with Crippen molar-refractivity contribution in [3.63, 3.8) is 0 Å². The number of carbonyl (C=O) groups excluding carboxylic acids is 1. The first-order valence-corrected chi connectivity index (χ1v) is 5.70. The van der Waals surface area contributed by atoms with Crippen LogP contribution in [0.5, 0.6) is 0 Å². The normalized spacial score (nSPS) is 9.32. The Kier molecular flexibility index (Phi) is 4.25. The van der Waals surface area contributed by atoms with E-state index in [2.05, 4.69) is 22.1 Å². The Labute approximate surface area is 110 Å². The van der Waals surface area contributed by atoms with Gasteiger partial charge in [-0.05, 0) is 24.3 Å². The van der Waals surface area contributed by atoms with Crippen molar-refractivity contribution in [2.24, 2.45) is 0 Å². The molecule has 19 heavy (non-hydrogen) atoms. The van der Waals surface area contributed by atoms with Crippen LogP contribution in [0, 0.1) is 17.7 Å². The van der Waals surface area contributed by atoms with Crippen molar-refractivity contribution in [3.05, 3.63) is 65.7 Å². The van der Waals surface area contributed by atoms with Gasteiger partial charge in [0.15, 0.2) is 0 Å². The molecular weight excluding hydrogens is 243 g/mol. The molecule has 0 bridgehead atoms. The van der Waals surface area contributed by atoms with Gasteiger partial charge in [0.1, 0.15) is 11.5 Å². The van der Waals surface area contributed by atoms with Crippen LogP contribution < -0.4 is 5.32 Å². The molecular formula is C15H11FN2O. The fourth-order valence-electron chi connectivity index (χ4n) is 1.41. The Morgan fingerprint density at radius 3 is 2.74 bits per heavy atom. The molecule has 0 fully saturated rings. The van der Waals surface area contributed by atoms with Crippen LogP contribution in [0.15, 0.2) is 48.7 Å². The van der Waals surface area contributed by atoms with Crippen LogP contribution in [-0.2, 0) is 0 Å². The molecule has 0 atom stereocenters. The number of rotatable bonds is 2. The number of hydrogen-bond donors (Lipinski definition) is 1. The number of pyridine rings is 1. The number of aromatic nitrogens is 1. The second-order valence-corrected chi connectivity index (χ2v) is 3.68. The molecule has 0 aliphatic heterocycles.